The summed E-state index contributed by atoms with van der Waals surface area (Å²) in [5.41, 5.74) is 1.06. The molecule has 0 N–H and O–H groups in total. The van der Waals surface area contributed by atoms with Crippen LogP contribution >= 0.6 is 23.2 Å². The number of methoxy groups -OCH3 is 1. The van der Waals surface area contributed by atoms with Gasteiger partial charge in [0.05, 0.1) is 23.1 Å². The molecule has 1 fully saturated rings. The van der Waals surface area contributed by atoms with Crippen LogP contribution in [0.2, 0.25) is 10.0 Å². The average molecular weight is 287 g/mol. The van der Waals surface area contributed by atoms with Crippen molar-refractivity contribution < 1.29 is 9.53 Å². The summed E-state index contributed by atoms with van der Waals surface area (Å²) >= 11 is 12.2. The molecule has 1 aromatic rings. The van der Waals surface area contributed by atoms with E-state index in [-0.39, 0.29) is 11.9 Å². The standard InChI is InChI=1S/C14H16Cl2O2/c1-8(6-9-7-11(9)14(17)18-2)10-4-3-5-12(15)13(10)16/h3-5,8-9,11H,6-7H2,1-2H3. The van der Waals surface area contributed by atoms with Crippen LogP contribution in [0.1, 0.15) is 31.2 Å². The largest absolute Gasteiger partial charge is 0.469 e. The third kappa shape index (κ3) is 2.81. The van der Waals surface area contributed by atoms with Crippen molar-refractivity contribution in [2.24, 2.45) is 11.8 Å². The van der Waals surface area contributed by atoms with Gasteiger partial charge in [0.2, 0.25) is 0 Å². The van der Waals surface area contributed by atoms with Crippen molar-refractivity contribution in [3.05, 3.63) is 33.8 Å². The number of esters is 1. The Balaban J connectivity index is 1.99. The Morgan fingerprint density at radius 1 is 1.50 bits per heavy atom. The Hall–Kier alpha value is -0.730. The first-order valence-electron chi connectivity index (χ1n) is 6.06. The smallest absolute Gasteiger partial charge is 0.308 e. The molecule has 1 aliphatic rings. The van der Waals surface area contributed by atoms with Gasteiger partial charge in [0.1, 0.15) is 0 Å². The minimum Gasteiger partial charge on any atom is -0.469 e. The number of hydrogen-bond acceptors (Lipinski definition) is 2. The summed E-state index contributed by atoms with van der Waals surface area (Å²) in [6, 6.07) is 5.69. The second-order valence-electron chi connectivity index (χ2n) is 4.91. The number of hydrogen-bond donors (Lipinski definition) is 0. The highest BCUT2D eigenvalue weighted by molar-refractivity contribution is 6.42. The number of carbonyl (C=O) groups excluding carboxylic acids is 1. The van der Waals surface area contributed by atoms with Gasteiger partial charge in [-0.3, -0.25) is 4.79 Å². The molecule has 98 valence electrons. The highest BCUT2D eigenvalue weighted by Crippen LogP contribution is 2.46. The molecule has 2 nitrogen and oxygen atoms in total. The van der Waals surface area contributed by atoms with Crippen LogP contribution in [0.4, 0.5) is 0 Å². The van der Waals surface area contributed by atoms with Crippen LogP contribution in [-0.4, -0.2) is 13.1 Å². The van der Waals surface area contributed by atoms with Crippen molar-refractivity contribution in [1.82, 2.24) is 0 Å². The summed E-state index contributed by atoms with van der Waals surface area (Å²) in [5.74, 6) is 0.707. The quantitative estimate of drug-likeness (QED) is 0.772. The minimum atomic E-state index is -0.0932. The van der Waals surface area contributed by atoms with Crippen molar-refractivity contribution >= 4 is 29.2 Å². The van der Waals surface area contributed by atoms with E-state index in [1.165, 1.54) is 7.11 Å². The van der Waals surface area contributed by atoms with Gasteiger partial charge in [-0.1, -0.05) is 42.3 Å². The molecule has 1 saturated carbocycles. The zero-order valence-electron chi connectivity index (χ0n) is 10.5. The first-order valence-corrected chi connectivity index (χ1v) is 6.82. The highest BCUT2D eigenvalue weighted by Gasteiger charge is 2.44. The molecule has 0 aromatic heterocycles. The summed E-state index contributed by atoms with van der Waals surface area (Å²) in [6.07, 6.45) is 1.87. The van der Waals surface area contributed by atoms with Crippen LogP contribution in [0.15, 0.2) is 18.2 Å². The van der Waals surface area contributed by atoms with Crippen molar-refractivity contribution in [3.63, 3.8) is 0 Å². The Morgan fingerprint density at radius 2 is 2.22 bits per heavy atom. The Labute approximate surface area is 117 Å². The van der Waals surface area contributed by atoms with Crippen molar-refractivity contribution in [1.29, 1.82) is 0 Å². The van der Waals surface area contributed by atoms with Crippen LogP contribution in [0.25, 0.3) is 0 Å². The normalized spacial score (nSPS) is 23.6. The highest BCUT2D eigenvalue weighted by atomic mass is 35.5. The first kappa shape index (κ1) is 13.7. The molecule has 2 rings (SSSR count). The fourth-order valence-corrected chi connectivity index (χ4v) is 2.92. The zero-order valence-corrected chi connectivity index (χ0v) is 12.0. The topological polar surface area (TPSA) is 26.3 Å². The van der Waals surface area contributed by atoms with Gasteiger partial charge < -0.3 is 4.74 Å². The molecule has 0 bridgehead atoms. The lowest BCUT2D eigenvalue weighted by Gasteiger charge is -2.14. The molecule has 0 spiro atoms. The molecule has 18 heavy (non-hydrogen) atoms. The van der Waals surface area contributed by atoms with Crippen LogP contribution in [-0.2, 0) is 9.53 Å². The van der Waals surface area contributed by atoms with E-state index in [4.69, 9.17) is 27.9 Å². The monoisotopic (exact) mass is 286 g/mol. The Bertz CT molecular complexity index is 459. The van der Waals surface area contributed by atoms with Gasteiger partial charge in [0.25, 0.3) is 0 Å². The van der Waals surface area contributed by atoms with Gasteiger partial charge in [0, 0.05) is 0 Å². The molecule has 3 unspecified atom stereocenters. The van der Waals surface area contributed by atoms with Crippen LogP contribution in [0, 0.1) is 11.8 Å². The van der Waals surface area contributed by atoms with E-state index in [2.05, 4.69) is 6.92 Å². The van der Waals surface area contributed by atoms with Crippen molar-refractivity contribution in [2.45, 2.75) is 25.7 Å². The fourth-order valence-electron chi connectivity index (χ4n) is 2.43. The lowest BCUT2D eigenvalue weighted by atomic mass is 9.95. The van der Waals surface area contributed by atoms with Crippen molar-refractivity contribution in [3.8, 4) is 0 Å². The maximum atomic E-state index is 11.4. The zero-order chi connectivity index (χ0) is 13.3. The van der Waals surface area contributed by atoms with E-state index in [1.807, 2.05) is 12.1 Å². The van der Waals surface area contributed by atoms with Crippen LogP contribution < -0.4 is 0 Å². The molecule has 3 atom stereocenters. The molecular weight excluding hydrogens is 271 g/mol. The number of ether oxygens (including phenoxy) is 1. The predicted octanol–water partition coefficient (Wildman–Crippen LogP) is 4.30. The predicted molar refractivity (Wildman–Crippen MR) is 73.1 cm³/mol. The fraction of sp³-hybridized carbons (Fsp3) is 0.500. The molecule has 0 heterocycles. The number of carbonyl (C=O) groups is 1. The van der Waals surface area contributed by atoms with Gasteiger partial charge in [-0.15, -0.1) is 0 Å². The third-order valence-electron chi connectivity index (χ3n) is 3.60. The summed E-state index contributed by atoms with van der Waals surface area (Å²) in [4.78, 5) is 11.4. The van der Waals surface area contributed by atoms with Gasteiger partial charge in [-0.25, -0.2) is 0 Å². The van der Waals surface area contributed by atoms with E-state index in [9.17, 15) is 4.79 Å². The molecular formula is C14H16Cl2O2. The van der Waals surface area contributed by atoms with Crippen LogP contribution in [0.3, 0.4) is 0 Å². The number of halogens is 2. The summed E-state index contributed by atoms with van der Waals surface area (Å²) in [7, 11) is 1.44. The van der Waals surface area contributed by atoms with E-state index < -0.39 is 0 Å². The number of rotatable bonds is 4. The van der Waals surface area contributed by atoms with Gasteiger partial charge in [0.15, 0.2) is 0 Å². The third-order valence-corrected chi connectivity index (χ3v) is 4.43. The van der Waals surface area contributed by atoms with E-state index in [1.54, 1.807) is 6.07 Å². The van der Waals surface area contributed by atoms with E-state index in [0.29, 0.717) is 21.9 Å². The van der Waals surface area contributed by atoms with Crippen LogP contribution in [0.5, 0.6) is 0 Å². The maximum Gasteiger partial charge on any atom is 0.308 e. The van der Waals surface area contributed by atoms with Gasteiger partial charge >= 0.3 is 5.97 Å². The van der Waals surface area contributed by atoms with Crippen molar-refractivity contribution in [2.75, 3.05) is 7.11 Å². The maximum absolute atomic E-state index is 11.4. The van der Waals surface area contributed by atoms with E-state index >= 15 is 0 Å². The lowest BCUT2D eigenvalue weighted by molar-refractivity contribution is -0.142. The van der Waals surface area contributed by atoms with E-state index in [0.717, 1.165) is 18.4 Å². The Kier molecular flexibility index (Phi) is 4.18. The molecule has 1 aromatic carbocycles. The molecule has 0 radical (unpaired) electrons. The Morgan fingerprint density at radius 3 is 2.89 bits per heavy atom. The molecule has 0 aliphatic heterocycles. The second-order valence-corrected chi connectivity index (χ2v) is 5.69. The summed E-state index contributed by atoms with van der Waals surface area (Å²) < 4.78 is 4.75. The van der Waals surface area contributed by atoms with Gasteiger partial charge in [-0.2, -0.15) is 0 Å². The molecule has 0 amide bonds. The SMILES string of the molecule is COC(=O)C1CC1CC(C)c1cccc(Cl)c1Cl. The van der Waals surface area contributed by atoms with Gasteiger partial charge in [-0.05, 0) is 36.3 Å². The summed E-state index contributed by atoms with van der Waals surface area (Å²) in [6.45, 7) is 2.12. The molecule has 0 saturated heterocycles. The average Bonchev–Trinajstić information content (AvgIpc) is 3.10. The molecule has 1 aliphatic carbocycles. The summed E-state index contributed by atoms with van der Waals surface area (Å²) in [5, 5.41) is 1.21. The number of benzene rings is 1. The minimum absolute atomic E-state index is 0.0791. The lowest BCUT2D eigenvalue weighted by Crippen LogP contribution is -2.06. The molecule has 4 heteroatoms. The first-order chi connectivity index (χ1) is 8.54. The second kappa shape index (κ2) is 5.50.